The van der Waals surface area contributed by atoms with Crippen LogP contribution in [0.2, 0.25) is 0 Å². The third kappa shape index (κ3) is 4.56. The maximum atomic E-state index is 11.1. The summed E-state index contributed by atoms with van der Waals surface area (Å²) < 4.78 is 22.6. The zero-order valence-corrected chi connectivity index (χ0v) is 10.4. The summed E-state index contributed by atoms with van der Waals surface area (Å²) in [5.41, 5.74) is 0. The molecule has 15 heavy (non-hydrogen) atoms. The molecule has 0 spiro atoms. The van der Waals surface area contributed by atoms with Crippen molar-refractivity contribution in [3.8, 4) is 0 Å². The number of aliphatic hydroxyl groups is 1. The fourth-order valence-electron chi connectivity index (χ4n) is 1.45. The van der Waals surface area contributed by atoms with Gasteiger partial charge < -0.3 is 40.6 Å². The Kier molecular flexibility index (Phi) is 4.65. The largest absolute Gasteiger partial charge is 0.412 e. The van der Waals surface area contributed by atoms with Crippen molar-refractivity contribution < 1.29 is 13.5 Å². The molecule has 0 aromatic rings. The highest BCUT2D eigenvalue weighted by Gasteiger charge is 2.35. The van der Waals surface area contributed by atoms with Crippen molar-refractivity contribution in [1.82, 2.24) is 10.6 Å². The predicted octanol–water partition coefficient (Wildman–Crippen LogP) is -1.84. The molecular weight excluding hydrogens is 256 g/mol. The van der Waals surface area contributed by atoms with Crippen LogP contribution in [0.4, 0.5) is 0 Å². The van der Waals surface area contributed by atoms with Gasteiger partial charge in [-0.05, 0) is 0 Å². The minimum Gasteiger partial charge on any atom is -0.412 e. The lowest BCUT2D eigenvalue weighted by Gasteiger charge is -2.16. The van der Waals surface area contributed by atoms with Crippen LogP contribution in [-0.2, 0) is 22.5 Å². The molecule has 1 rings (SSSR count). The molecule has 88 valence electrons. The monoisotopic (exact) mass is 269 g/mol. The van der Waals surface area contributed by atoms with Gasteiger partial charge >= 0.3 is 0 Å². The number of sulfone groups is 1. The van der Waals surface area contributed by atoms with Crippen molar-refractivity contribution >= 4 is 39.0 Å². The van der Waals surface area contributed by atoms with Gasteiger partial charge in [-0.25, -0.2) is 8.42 Å². The van der Waals surface area contributed by atoms with Crippen molar-refractivity contribution in [3.05, 3.63) is 0 Å². The van der Waals surface area contributed by atoms with Crippen LogP contribution in [0.5, 0.6) is 0 Å². The number of hydrogen-bond acceptors (Lipinski definition) is 6. The molecule has 1 saturated heterocycles. The molecular formula is C7H13N2O3S3-. The average molecular weight is 269 g/mol. The van der Waals surface area contributed by atoms with E-state index in [0.717, 1.165) is 0 Å². The molecule has 1 fully saturated rings. The van der Waals surface area contributed by atoms with E-state index in [9.17, 15) is 13.5 Å². The van der Waals surface area contributed by atoms with Crippen molar-refractivity contribution in [2.45, 2.75) is 12.1 Å². The normalized spacial score (nSPS) is 28.9. The van der Waals surface area contributed by atoms with Crippen molar-refractivity contribution in [2.24, 2.45) is 0 Å². The molecule has 2 unspecified atom stereocenters. The topological polar surface area (TPSA) is 78.4 Å². The Morgan fingerprint density at radius 1 is 1.47 bits per heavy atom. The van der Waals surface area contributed by atoms with Crippen molar-refractivity contribution in [1.29, 1.82) is 0 Å². The lowest BCUT2D eigenvalue weighted by molar-refractivity contribution is 0.166. The molecule has 3 N–H and O–H groups in total. The molecule has 0 amide bonds. The summed E-state index contributed by atoms with van der Waals surface area (Å²) in [7, 11) is -3.08. The molecule has 1 aliphatic rings. The standard InChI is InChI=1S/C7H14N2O3S3/c10-6-4-15(11,12)3-5(6)8-1-2-9-7(13)14/h5-6,8,10H,1-4H2,(H2,9,13,14)/p-1. The molecule has 0 aliphatic carbocycles. The maximum absolute atomic E-state index is 11.1. The van der Waals surface area contributed by atoms with Crippen LogP contribution in [0.3, 0.4) is 0 Å². The van der Waals surface area contributed by atoms with Gasteiger partial charge in [-0.2, -0.15) is 0 Å². The number of hydrogen-bond donors (Lipinski definition) is 3. The first-order valence-electron chi connectivity index (χ1n) is 4.47. The van der Waals surface area contributed by atoms with E-state index in [1.165, 1.54) is 0 Å². The molecule has 8 heteroatoms. The van der Waals surface area contributed by atoms with Crippen LogP contribution < -0.4 is 10.6 Å². The van der Waals surface area contributed by atoms with Crippen LogP contribution >= 0.6 is 12.2 Å². The summed E-state index contributed by atoms with van der Waals surface area (Å²) in [6.07, 6.45) is -0.814. The molecule has 0 saturated carbocycles. The Morgan fingerprint density at radius 2 is 2.13 bits per heavy atom. The van der Waals surface area contributed by atoms with Crippen LogP contribution in [0.25, 0.3) is 0 Å². The fourth-order valence-corrected chi connectivity index (χ4v) is 3.43. The highest BCUT2D eigenvalue weighted by molar-refractivity contribution is 8.00. The van der Waals surface area contributed by atoms with E-state index in [-0.39, 0.29) is 21.9 Å². The van der Waals surface area contributed by atoms with Gasteiger partial charge in [0.25, 0.3) is 0 Å². The van der Waals surface area contributed by atoms with Crippen LogP contribution in [-0.4, -0.2) is 54.6 Å². The summed E-state index contributed by atoms with van der Waals surface area (Å²) in [5.74, 6) is -0.163. The summed E-state index contributed by atoms with van der Waals surface area (Å²) in [6, 6.07) is -0.379. The van der Waals surface area contributed by atoms with E-state index in [1.54, 1.807) is 0 Å². The summed E-state index contributed by atoms with van der Waals surface area (Å²) in [6.45, 7) is 1.06. The van der Waals surface area contributed by atoms with Crippen molar-refractivity contribution in [3.63, 3.8) is 0 Å². The molecule has 0 bridgehead atoms. The van der Waals surface area contributed by atoms with Gasteiger partial charge in [0.05, 0.1) is 17.6 Å². The first-order valence-corrected chi connectivity index (χ1v) is 7.11. The summed E-state index contributed by atoms with van der Waals surface area (Å²) in [5, 5.41) is 15.1. The number of thiocarbonyl (C=S) groups is 1. The van der Waals surface area contributed by atoms with Gasteiger partial charge in [0.1, 0.15) is 0 Å². The molecule has 0 radical (unpaired) electrons. The van der Waals surface area contributed by atoms with Gasteiger partial charge in [-0.1, -0.05) is 4.32 Å². The summed E-state index contributed by atoms with van der Waals surface area (Å²) >= 11 is 9.27. The Morgan fingerprint density at radius 3 is 2.60 bits per heavy atom. The molecule has 1 heterocycles. The molecule has 0 aromatic heterocycles. The Bertz CT molecular complexity index is 330. The van der Waals surface area contributed by atoms with E-state index in [4.69, 9.17) is 0 Å². The maximum Gasteiger partial charge on any atom is 0.154 e. The van der Waals surface area contributed by atoms with E-state index < -0.39 is 15.9 Å². The van der Waals surface area contributed by atoms with E-state index in [0.29, 0.717) is 13.1 Å². The number of nitrogens with one attached hydrogen (secondary N) is 2. The smallest absolute Gasteiger partial charge is 0.154 e. The van der Waals surface area contributed by atoms with E-state index >= 15 is 0 Å². The van der Waals surface area contributed by atoms with Gasteiger partial charge in [0.15, 0.2) is 9.84 Å². The average Bonchev–Trinajstić information content (AvgIpc) is 2.33. The van der Waals surface area contributed by atoms with E-state index in [2.05, 4.69) is 35.5 Å². The summed E-state index contributed by atoms with van der Waals surface area (Å²) in [4.78, 5) is 0. The first kappa shape index (κ1) is 13.0. The van der Waals surface area contributed by atoms with Crippen LogP contribution in [0.1, 0.15) is 0 Å². The predicted molar refractivity (Wildman–Crippen MR) is 64.4 cm³/mol. The van der Waals surface area contributed by atoms with Crippen LogP contribution in [0, 0.1) is 0 Å². The van der Waals surface area contributed by atoms with Gasteiger partial charge in [-0.3, -0.25) is 0 Å². The quantitative estimate of drug-likeness (QED) is 0.314. The number of aliphatic hydroxyl groups excluding tert-OH is 1. The van der Waals surface area contributed by atoms with Crippen molar-refractivity contribution in [2.75, 3.05) is 24.6 Å². The van der Waals surface area contributed by atoms with Gasteiger partial charge in [0.2, 0.25) is 0 Å². The second-order valence-electron chi connectivity index (χ2n) is 3.42. The Labute approximate surface area is 100.0 Å². The minimum absolute atomic E-state index is 0.00745. The fraction of sp³-hybridized carbons (Fsp3) is 0.857. The SMILES string of the molecule is O=S1(=O)CC(O)C(NCCNC(=S)[S-])C1. The van der Waals surface area contributed by atoms with E-state index in [1.807, 2.05) is 0 Å². The highest BCUT2D eigenvalue weighted by Crippen LogP contribution is 2.11. The lowest BCUT2D eigenvalue weighted by Crippen LogP contribution is -2.42. The second-order valence-corrected chi connectivity index (χ2v) is 6.65. The molecule has 2 atom stereocenters. The zero-order chi connectivity index (χ0) is 11.5. The third-order valence-corrected chi connectivity index (χ3v) is 4.13. The third-order valence-electron chi connectivity index (χ3n) is 2.12. The minimum atomic E-state index is -3.08. The highest BCUT2D eigenvalue weighted by atomic mass is 32.2. The molecule has 0 aromatic carbocycles. The first-order chi connectivity index (χ1) is 6.91. The molecule has 1 aliphatic heterocycles. The van der Waals surface area contributed by atoms with Gasteiger partial charge in [0, 0.05) is 19.1 Å². The lowest BCUT2D eigenvalue weighted by atomic mass is 10.2. The number of rotatable bonds is 4. The second kappa shape index (κ2) is 5.35. The molecule has 5 nitrogen and oxygen atoms in total. The Balaban J connectivity index is 2.25. The van der Waals surface area contributed by atoms with Crippen LogP contribution in [0.15, 0.2) is 0 Å². The zero-order valence-electron chi connectivity index (χ0n) is 7.97. The van der Waals surface area contributed by atoms with Gasteiger partial charge in [-0.15, -0.1) is 0 Å². The Hall–Kier alpha value is -0.0200.